The Hall–Kier alpha value is -1.80. The third-order valence-electron chi connectivity index (χ3n) is 2.66. The molecule has 0 fully saturated rings. The number of carbonyl (C=O) groups is 2. The topological polar surface area (TPSA) is 84.2 Å². The summed E-state index contributed by atoms with van der Waals surface area (Å²) in [5, 5.41) is 5.79. The number of thiazole rings is 1. The van der Waals surface area contributed by atoms with Gasteiger partial charge in [-0.25, -0.2) is 4.98 Å². The van der Waals surface area contributed by atoms with Gasteiger partial charge in [0.15, 0.2) is 10.9 Å². The van der Waals surface area contributed by atoms with Crippen LogP contribution >= 0.6 is 23.1 Å². The molecule has 8 heteroatoms. The first-order chi connectivity index (χ1) is 10.0. The quantitative estimate of drug-likeness (QED) is 0.825. The first-order valence-electron chi connectivity index (χ1n) is 6.18. The number of aryl methyl sites for hydroxylation is 1. The highest BCUT2D eigenvalue weighted by Gasteiger charge is 2.19. The number of amides is 2. The van der Waals surface area contributed by atoms with Crippen molar-refractivity contribution in [3.05, 3.63) is 29.9 Å². The average molecular weight is 325 g/mol. The van der Waals surface area contributed by atoms with Crippen LogP contribution in [0.15, 0.2) is 27.0 Å². The second kappa shape index (κ2) is 6.77. The molecule has 2 amide bonds. The average Bonchev–Trinajstić information content (AvgIpc) is 3.08. The lowest BCUT2D eigenvalue weighted by Gasteiger charge is -2.11. The Morgan fingerprint density at radius 2 is 2.24 bits per heavy atom. The van der Waals surface area contributed by atoms with Gasteiger partial charge in [0.1, 0.15) is 6.04 Å². The maximum atomic E-state index is 12.0. The van der Waals surface area contributed by atoms with Gasteiger partial charge in [0, 0.05) is 0 Å². The van der Waals surface area contributed by atoms with Crippen molar-refractivity contribution < 1.29 is 14.0 Å². The number of hydrogen-bond donors (Lipinski definition) is 2. The van der Waals surface area contributed by atoms with Crippen LogP contribution in [0, 0.1) is 6.92 Å². The minimum absolute atomic E-state index is 0.171. The largest absolute Gasteiger partial charge is 0.459 e. The normalized spacial score (nSPS) is 12.0. The highest BCUT2D eigenvalue weighted by atomic mass is 32.2. The molecule has 0 aliphatic heterocycles. The fourth-order valence-corrected chi connectivity index (χ4v) is 3.19. The zero-order valence-electron chi connectivity index (χ0n) is 11.8. The van der Waals surface area contributed by atoms with Crippen LogP contribution in [0.5, 0.6) is 0 Å². The van der Waals surface area contributed by atoms with E-state index in [4.69, 9.17) is 4.42 Å². The number of hydrogen-bond acceptors (Lipinski definition) is 6. The summed E-state index contributed by atoms with van der Waals surface area (Å²) in [5.41, 5.74) is 0.884. The summed E-state index contributed by atoms with van der Waals surface area (Å²) >= 11 is 2.99. The van der Waals surface area contributed by atoms with Crippen LogP contribution in [0.25, 0.3) is 0 Å². The van der Waals surface area contributed by atoms with Crippen LogP contribution in [0.1, 0.15) is 23.2 Å². The standard InChI is InChI=1S/C13H15N3O3S2/c1-7(14-11(18)9-5-4-6-19-9)10(17)16-13-15-8(2)12(20-3)21-13/h4-7H,1-3H3,(H,14,18)(H,15,16,17). The maximum Gasteiger partial charge on any atom is 0.287 e. The number of furan rings is 1. The lowest BCUT2D eigenvalue weighted by molar-refractivity contribution is -0.117. The maximum absolute atomic E-state index is 12.0. The fraction of sp³-hybridized carbons (Fsp3) is 0.308. The number of thioether (sulfide) groups is 1. The van der Waals surface area contributed by atoms with Gasteiger partial charge in [-0.3, -0.25) is 9.59 Å². The van der Waals surface area contributed by atoms with E-state index >= 15 is 0 Å². The van der Waals surface area contributed by atoms with Gasteiger partial charge < -0.3 is 15.1 Å². The number of nitrogens with one attached hydrogen (secondary N) is 2. The van der Waals surface area contributed by atoms with Crippen LogP contribution in [0.2, 0.25) is 0 Å². The molecule has 1 unspecified atom stereocenters. The minimum atomic E-state index is -0.690. The van der Waals surface area contributed by atoms with Crippen LogP contribution in [0.3, 0.4) is 0 Å². The molecule has 21 heavy (non-hydrogen) atoms. The monoisotopic (exact) mass is 325 g/mol. The van der Waals surface area contributed by atoms with E-state index in [1.807, 2.05) is 13.2 Å². The van der Waals surface area contributed by atoms with Crippen molar-refractivity contribution in [3.8, 4) is 0 Å². The molecule has 2 aromatic rings. The highest BCUT2D eigenvalue weighted by molar-refractivity contribution is 8.00. The molecule has 0 bridgehead atoms. The Bertz CT molecular complexity index is 637. The van der Waals surface area contributed by atoms with Gasteiger partial charge in [0.05, 0.1) is 16.2 Å². The second-order valence-electron chi connectivity index (χ2n) is 4.26. The summed E-state index contributed by atoms with van der Waals surface area (Å²) in [6.45, 7) is 3.49. The molecule has 0 saturated carbocycles. The smallest absolute Gasteiger partial charge is 0.287 e. The Labute approximate surface area is 130 Å². The molecule has 112 valence electrons. The first-order valence-corrected chi connectivity index (χ1v) is 8.22. The van der Waals surface area contributed by atoms with E-state index in [2.05, 4.69) is 15.6 Å². The summed E-state index contributed by atoms with van der Waals surface area (Å²) in [7, 11) is 0. The Kier molecular flexibility index (Phi) is 5.03. The lowest BCUT2D eigenvalue weighted by atomic mass is 10.3. The van der Waals surface area contributed by atoms with Crippen molar-refractivity contribution >= 4 is 40.0 Å². The summed E-state index contributed by atoms with van der Waals surface area (Å²) in [6.07, 6.45) is 3.36. The lowest BCUT2D eigenvalue weighted by Crippen LogP contribution is -2.41. The third-order valence-corrected chi connectivity index (χ3v) is 4.94. The van der Waals surface area contributed by atoms with Crippen LogP contribution in [-0.4, -0.2) is 29.1 Å². The number of carbonyl (C=O) groups excluding carboxylic acids is 2. The SMILES string of the molecule is CSc1sc(NC(=O)C(C)NC(=O)c2ccco2)nc1C. The molecule has 2 heterocycles. The van der Waals surface area contributed by atoms with Crippen molar-refractivity contribution in [2.24, 2.45) is 0 Å². The van der Waals surface area contributed by atoms with Gasteiger partial charge in [0.25, 0.3) is 5.91 Å². The van der Waals surface area contributed by atoms with E-state index in [9.17, 15) is 9.59 Å². The van der Waals surface area contributed by atoms with Gasteiger partial charge in [0.2, 0.25) is 5.91 Å². The zero-order chi connectivity index (χ0) is 15.4. The number of nitrogens with zero attached hydrogens (tertiary/aromatic N) is 1. The van der Waals surface area contributed by atoms with E-state index in [-0.39, 0.29) is 11.7 Å². The molecule has 0 radical (unpaired) electrons. The number of rotatable bonds is 5. The van der Waals surface area contributed by atoms with Crippen molar-refractivity contribution in [2.75, 3.05) is 11.6 Å². The van der Waals surface area contributed by atoms with E-state index in [1.165, 1.54) is 23.7 Å². The fourth-order valence-electron chi connectivity index (χ4n) is 1.58. The molecule has 2 rings (SSSR count). The number of aromatic nitrogens is 1. The number of anilines is 1. The highest BCUT2D eigenvalue weighted by Crippen LogP contribution is 2.30. The molecular weight excluding hydrogens is 310 g/mol. The van der Waals surface area contributed by atoms with E-state index in [0.717, 1.165) is 9.90 Å². The molecule has 2 aromatic heterocycles. The molecule has 0 aromatic carbocycles. The first kappa shape index (κ1) is 15.6. The van der Waals surface area contributed by atoms with Gasteiger partial charge in [-0.2, -0.15) is 0 Å². The summed E-state index contributed by atoms with van der Waals surface area (Å²) in [5.74, 6) is -0.580. The van der Waals surface area contributed by atoms with Crippen molar-refractivity contribution in [2.45, 2.75) is 24.1 Å². The van der Waals surface area contributed by atoms with Crippen molar-refractivity contribution in [1.82, 2.24) is 10.3 Å². The van der Waals surface area contributed by atoms with Gasteiger partial charge in [-0.05, 0) is 32.2 Å². The van der Waals surface area contributed by atoms with Crippen LogP contribution in [-0.2, 0) is 4.79 Å². The van der Waals surface area contributed by atoms with Crippen LogP contribution < -0.4 is 10.6 Å². The van der Waals surface area contributed by atoms with Gasteiger partial charge in [-0.1, -0.05) is 11.3 Å². The Morgan fingerprint density at radius 1 is 1.48 bits per heavy atom. The molecule has 0 saturated heterocycles. The van der Waals surface area contributed by atoms with Gasteiger partial charge >= 0.3 is 0 Å². The molecule has 2 N–H and O–H groups in total. The minimum Gasteiger partial charge on any atom is -0.459 e. The third kappa shape index (κ3) is 3.85. The summed E-state index contributed by atoms with van der Waals surface area (Å²) < 4.78 is 6.02. The molecule has 0 aliphatic rings. The second-order valence-corrected chi connectivity index (χ2v) is 6.33. The Balaban J connectivity index is 1.94. The summed E-state index contributed by atoms with van der Waals surface area (Å²) in [4.78, 5) is 28.1. The van der Waals surface area contributed by atoms with Crippen molar-refractivity contribution in [1.29, 1.82) is 0 Å². The van der Waals surface area contributed by atoms with Crippen molar-refractivity contribution in [3.63, 3.8) is 0 Å². The molecule has 0 aliphatic carbocycles. The molecule has 0 spiro atoms. The van der Waals surface area contributed by atoms with E-state index in [0.29, 0.717) is 5.13 Å². The van der Waals surface area contributed by atoms with E-state index in [1.54, 1.807) is 24.8 Å². The predicted molar refractivity (Wildman–Crippen MR) is 82.9 cm³/mol. The zero-order valence-corrected chi connectivity index (χ0v) is 13.4. The molecular formula is C13H15N3O3S2. The van der Waals surface area contributed by atoms with Crippen LogP contribution in [0.4, 0.5) is 5.13 Å². The molecule has 1 atom stereocenters. The van der Waals surface area contributed by atoms with Gasteiger partial charge in [-0.15, -0.1) is 11.8 Å². The summed E-state index contributed by atoms with van der Waals surface area (Å²) in [6, 6.07) is 2.46. The molecule has 6 nitrogen and oxygen atoms in total. The Morgan fingerprint density at radius 3 is 2.81 bits per heavy atom. The van der Waals surface area contributed by atoms with E-state index < -0.39 is 11.9 Å². The predicted octanol–water partition coefficient (Wildman–Crippen LogP) is 2.52.